The molecule has 2 aliphatic carbocycles. The topological polar surface area (TPSA) is 38.3 Å². The normalized spacial score (nSPS) is 19.9. The monoisotopic (exact) mass is 305 g/mol. The van der Waals surface area contributed by atoms with Gasteiger partial charge in [0.2, 0.25) is 0 Å². The minimum absolute atomic E-state index is 0.124. The molecule has 0 bridgehead atoms. The molecule has 0 aliphatic heterocycles. The molecule has 1 atom stereocenters. The van der Waals surface area contributed by atoms with Crippen LogP contribution in [0.3, 0.4) is 0 Å². The van der Waals surface area contributed by atoms with Crippen LogP contribution in [0.25, 0.3) is 0 Å². The Morgan fingerprint density at radius 3 is 2.81 bits per heavy atom. The Balaban J connectivity index is 1.73. The van der Waals surface area contributed by atoms with Crippen molar-refractivity contribution >= 4 is 17.7 Å². The average Bonchev–Trinajstić information content (AvgIpc) is 3.26. The second kappa shape index (κ2) is 6.01. The molecule has 4 heteroatoms. The Morgan fingerprint density at radius 1 is 1.38 bits per heavy atom. The number of rotatable bonds is 6. The number of carbonyl (C=O) groups is 1. The van der Waals surface area contributed by atoms with Gasteiger partial charge in [-0.2, -0.15) is 0 Å². The van der Waals surface area contributed by atoms with E-state index in [1.54, 1.807) is 11.8 Å². The average molecular weight is 305 g/mol. The standard InChI is InChI=1S/C17H23NO2S/c1-18-17(14-7-8-14,16(19)20-2)11-21-15-9-6-12-4-3-5-13(12)10-15/h6,9-10,14,18H,3-5,7-8,11H2,1-2H3. The number of esters is 1. The molecule has 0 aromatic heterocycles. The van der Waals surface area contributed by atoms with Gasteiger partial charge in [0, 0.05) is 10.6 Å². The molecule has 3 rings (SSSR count). The van der Waals surface area contributed by atoms with Crippen LogP contribution in [0.2, 0.25) is 0 Å². The highest BCUT2D eigenvalue weighted by Gasteiger charge is 2.50. The summed E-state index contributed by atoms with van der Waals surface area (Å²) >= 11 is 1.77. The molecule has 1 aromatic rings. The summed E-state index contributed by atoms with van der Waals surface area (Å²) in [5.41, 5.74) is 2.45. The van der Waals surface area contributed by atoms with Crippen molar-refractivity contribution in [2.75, 3.05) is 19.9 Å². The molecule has 0 amide bonds. The highest BCUT2D eigenvalue weighted by atomic mass is 32.2. The summed E-state index contributed by atoms with van der Waals surface area (Å²) in [6.45, 7) is 0. The number of fused-ring (bicyclic) bond motifs is 1. The summed E-state index contributed by atoms with van der Waals surface area (Å²) < 4.78 is 5.06. The summed E-state index contributed by atoms with van der Waals surface area (Å²) in [4.78, 5) is 13.5. The summed E-state index contributed by atoms with van der Waals surface area (Å²) in [5.74, 6) is 1.03. The molecule has 1 unspecified atom stereocenters. The van der Waals surface area contributed by atoms with Crippen LogP contribution in [0.15, 0.2) is 23.1 Å². The quantitative estimate of drug-likeness (QED) is 0.648. The number of nitrogens with one attached hydrogen (secondary N) is 1. The molecule has 1 fully saturated rings. The van der Waals surface area contributed by atoms with Gasteiger partial charge in [-0.25, -0.2) is 0 Å². The zero-order valence-corrected chi connectivity index (χ0v) is 13.6. The lowest BCUT2D eigenvalue weighted by Gasteiger charge is -2.30. The number of methoxy groups -OCH3 is 1. The van der Waals surface area contributed by atoms with E-state index in [0.717, 1.165) is 18.6 Å². The number of aryl methyl sites for hydroxylation is 2. The van der Waals surface area contributed by atoms with Crippen LogP contribution in [0.4, 0.5) is 0 Å². The van der Waals surface area contributed by atoms with Crippen molar-refractivity contribution in [3.05, 3.63) is 29.3 Å². The first-order valence-corrected chi connectivity index (χ1v) is 8.70. The van der Waals surface area contributed by atoms with Crippen molar-refractivity contribution in [2.24, 2.45) is 5.92 Å². The van der Waals surface area contributed by atoms with E-state index < -0.39 is 5.54 Å². The molecule has 0 heterocycles. The number of carbonyl (C=O) groups excluding carboxylic acids is 1. The van der Waals surface area contributed by atoms with Gasteiger partial charge in [0.1, 0.15) is 5.54 Å². The second-order valence-electron chi connectivity index (χ2n) is 6.06. The van der Waals surface area contributed by atoms with E-state index in [0.29, 0.717) is 5.92 Å². The highest BCUT2D eigenvalue weighted by molar-refractivity contribution is 7.99. The van der Waals surface area contributed by atoms with Crippen LogP contribution in [0.5, 0.6) is 0 Å². The molecule has 114 valence electrons. The summed E-state index contributed by atoms with van der Waals surface area (Å²) in [5, 5.41) is 3.26. The van der Waals surface area contributed by atoms with Gasteiger partial charge >= 0.3 is 5.97 Å². The molecule has 21 heavy (non-hydrogen) atoms. The predicted octanol–water partition coefficient (Wildman–Crippen LogP) is 2.81. The number of thioether (sulfide) groups is 1. The smallest absolute Gasteiger partial charge is 0.327 e. The van der Waals surface area contributed by atoms with Crippen molar-refractivity contribution in [1.82, 2.24) is 5.32 Å². The molecule has 0 saturated heterocycles. The SMILES string of the molecule is CNC(CSc1ccc2c(c1)CCC2)(C(=O)OC)C1CC1. The Kier molecular flexibility index (Phi) is 4.27. The van der Waals surface area contributed by atoms with Gasteiger partial charge < -0.3 is 10.1 Å². The van der Waals surface area contributed by atoms with Crippen LogP contribution in [-0.4, -0.2) is 31.4 Å². The van der Waals surface area contributed by atoms with Gasteiger partial charge in [-0.05, 0) is 68.3 Å². The van der Waals surface area contributed by atoms with Crippen molar-refractivity contribution < 1.29 is 9.53 Å². The molecular weight excluding hydrogens is 282 g/mol. The second-order valence-corrected chi connectivity index (χ2v) is 7.11. The molecule has 2 aliphatic rings. The first kappa shape index (κ1) is 14.9. The van der Waals surface area contributed by atoms with Gasteiger partial charge in [0.15, 0.2) is 0 Å². The van der Waals surface area contributed by atoms with Gasteiger partial charge in [-0.1, -0.05) is 6.07 Å². The van der Waals surface area contributed by atoms with Crippen LogP contribution in [0.1, 0.15) is 30.4 Å². The zero-order valence-electron chi connectivity index (χ0n) is 12.8. The first-order valence-electron chi connectivity index (χ1n) is 7.71. The summed E-state index contributed by atoms with van der Waals surface area (Å²) in [7, 11) is 3.36. The number of benzene rings is 1. The van der Waals surface area contributed by atoms with Crippen molar-refractivity contribution in [3.8, 4) is 0 Å². The number of likely N-dealkylation sites (N-methyl/N-ethyl adjacent to an activating group) is 1. The van der Waals surface area contributed by atoms with Crippen LogP contribution in [-0.2, 0) is 22.4 Å². The van der Waals surface area contributed by atoms with E-state index in [1.807, 2.05) is 7.05 Å². The third-order valence-electron chi connectivity index (χ3n) is 4.81. The minimum atomic E-state index is -0.529. The Hall–Kier alpha value is -1.00. The maximum atomic E-state index is 12.3. The zero-order chi connectivity index (χ0) is 14.9. The van der Waals surface area contributed by atoms with E-state index in [-0.39, 0.29) is 5.97 Å². The predicted molar refractivity (Wildman–Crippen MR) is 85.7 cm³/mol. The maximum Gasteiger partial charge on any atom is 0.327 e. The fourth-order valence-corrected chi connectivity index (χ4v) is 4.60. The lowest BCUT2D eigenvalue weighted by molar-refractivity contribution is -0.148. The molecule has 0 spiro atoms. The lowest BCUT2D eigenvalue weighted by Crippen LogP contribution is -2.55. The molecule has 1 aromatic carbocycles. The molecule has 0 radical (unpaired) electrons. The third kappa shape index (κ3) is 2.84. The molecule has 1 N–H and O–H groups in total. The number of ether oxygens (including phenoxy) is 1. The first-order chi connectivity index (χ1) is 10.2. The van der Waals surface area contributed by atoms with Gasteiger partial charge in [-0.3, -0.25) is 4.79 Å². The van der Waals surface area contributed by atoms with E-state index in [2.05, 4.69) is 23.5 Å². The van der Waals surface area contributed by atoms with Crippen molar-refractivity contribution in [3.63, 3.8) is 0 Å². The fourth-order valence-electron chi connectivity index (χ4n) is 3.32. The Morgan fingerprint density at radius 2 is 2.14 bits per heavy atom. The fraction of sp³-hybridized carbons (Fsp3) is 0.588. The molecule has 1 saturated carbocycles. The molecule has 3 nitrogen and oxygen atoms in total. The lowest BCUT2D eigenvalue weighted by atomic mass is 9.96. The van der Waals surface area contributed by atoms with Crippen molar-refractivity contribution in [1.29, 1.82) is 0 Å². The summed E-state index contributed by atoms with van der Waals surface area (Å²) in [6, 6.07) is 6.75. The maximum absolute atomic E-state index is 12.3. The number of hydrogen-bond acceptors (Lipinski definition) is 4. The Labute approximate surface area is 130 Å². The minimum Gasteiger partial charge on any atom is -0.468 e. The van der Waals surface area contributed by atoms with Crippen LogP contribution >= 0.6 is 11.8 Å². The van der Waals surface area contributed by atoms with E-state index in [9.17, 15) is 4.79 Å². The molecular formula is C17H23NO2S. The van der Waals surface area contributed by atoms with Gasteiger partial charge in [-0.15, -0.1) is 11.8 Å². The highest BCUT2D eigenvalue weighted by Crippen LogP contribution is 2.43. The number of hydrogen-bond donors (Lipinski definition) is 1. The third-order valence-corrected chi connectivity index (χ3v) is 5.99. The van der Waals surface area contributed by atoms with Crippen LogP contribution < -0.4 is 5.32 Å². The Bertz CT molecular complexity index is 542. The van der Waals surface area contributed by atoms with Crippen molar-refractivity contribution in [2.45, 2.75) is 42.5 Å². The largest absolute Gasteiger partial charge is 0.468 e. The van der Waals surface area contributed by atoms with Gasteiger partial charge in [0.25, 0.3) is 0 Å². The van der Waals surface area contributed by atoms with Crippen LogP contribution in [0, 0.1) is 5.92 Å². The van der Waals surface area contributed by atoms with E-state index >= 15 is 0 Å². The van der Waals surface area contributed by atoms with E-state index in [4.69, 9.17) is 4.74 Å². The summed E-state index contributed by atoms with van der Waals surface area (Å²) in [6.07, 6.45) is 5.90. The van der Waals surface area contributed by atoms with E-state index in [1.165, 1.54) is 42.4 Å². The van der Waals surface area contributed by atoms with Gasteiger partial charge in [0.05, 0.1) is 7.11 Å².